The van der Waals surface area contributed by atoms with Crippen molar-refractivity contribution in [1.29, 1.82) is 0 Å². The van der Waals surface area contributed by atoms with E-state index in [-0.39, 0.29) is 6.04 Å². The van der Waals surface area contributed by atoms with Crippen LogP contribution in [0.5, 0.6) is 0 Å². The second-order valence-corrected chi connectivity index (χ2v) is 7.07. The van der Waals surface area contributed by atoms with Gasteiger partial charge in [-0.3, -0.25) is 10.1 Å². The fourth-order valence-corrected chi connectivity index (χ4v) is 2.71. The zero-order valence-electron chi connectivity index (χ0n) is 13.8. The van der Waals surface area contributed by atoms with Crippen molar-refractivity contribution in [3.05, 3.63) is 0 Å². The molecule has 0 aromatic rings. The average Bonchev–Trinajstić information content (AvgIpc) is 3.10. The van der Waals surface area contributed by atoms with Crippen LogP contribution >= 0.6 is 0 Å². The molecule has 1 saturated carbocycles. The number of carboxylic acid groups (broad SMARTS) is 1. The van der Waals surface area contributed by atoms with Crippen molar-refractivity contribution in [3.63, 3.8) is 0 Å². The molecule has 1 aliphatic carbocycles. The maximum atomic E-state index is 11.5. The van der Waals surface area contributed by atoms with Crippen molar-refractivity contribution in [2.24, 2.45) is 5.92 Å². The summed E-state index contributed by atoms with van der Waals surface area (Å²) in [6.45, 7) is 12.4. The Labute approximate surface area is 123 Å². The van der Waals surface area contributed by atoms with Gasteiger partial charge in [0.2, 0.25) is 0 Å². The predicted octanol–water partition coefficient (Wildman–Crippen LogP) is 2.73. The van der Waals surface area contributed by atoms with E-state index in [0.717, 1.165) is 18.9 Å². The molecule has 0 saturated heterocycles. The number of carbonyl (C=O) groups is 1. The van der Waals surface area contributed by atoms with E-state index in [0.29, 0.717) is 12.5 Å². The second-order valence-electron chi connectivity index (χ2n) is 7.07. The van der Waals surface area contributed by atoms with Crippen LogP contribution in [0.4, 0.5) is 0 Å². The topological polar surface area (TPSA) is 52.6 Å². The maximum Gasteiger partial charge on any atom is 0.323 e. The molecule has 1 rings (SSSR count). The summed E-state index contributed by atoms with van der Waals surface area (Å²) in [5, 5.41) is 12.6. The molecule has 0 heterocycles. The van der Waals surface area contributed by atoms with Gasteiger partial charge in [0, 0.05) is 18.6 Å². The molecule has 0 amide bonds. The van der Waals surface area contributed by atoms with E-state index < -0.39 is 11.5 Å². The van der Waals surface area contributed by atoms with E-state index in [1.54, 1.807) is 6.92 Å². The normalized spacial score (nSPS) is 18.8. The molecule has 20 heavy (non-hydrogen) atoms. The van der Waals surface area contributed by atoms with Crippen LogP contribution < -0.4 is 5.32 Å². The molecule has 1 fully saturated rings. The second kappa shape index (κ2) is 7.41. The number of rotatable bonds is 10. The van der Waals surface area contributed by atoms with Gasteiger partial charge in [-0.15, -0.1) is 0 Å². The van der Waals surface area contributed by atoms with Gasteiger partial charge in [0.25, 0.3) is 0 Å². The first-order chi connectivity index (χ1) is 9.24. The summed E-state index contributed by atoms with van der Waals surface area (Å²) in [7, 11) is 0. The van der Waals surface area contributed by atoms with Crippen LogP contribution in [0.25, 0.3) is 0 Å². The maximum absolute atomic E-state index is 11.5. The van der Waals surface area contributed by atoms with E-state index in [2.05, 4.69) is 24.1 Å². The highest BCUT2D eigenvalue weighted by Gasteiger charge is 2.33. The third-order valence-corrected chi connectivity index (χ3v) is 4.12. The summed E-state index contributed by atoms with van der Waals surface area (Å²) in [5.41, 5.74) is -0.809. The van der Waals surface area contributed by atoms with Gasteiger partial charge in [-0.05, 0) is 72.8 Å². The minimum Gasteiger partial charge on any atom is -0.480 e. The molecular weight excluding hydrogens is 252 g/mol. The summed E-state index contributed by atoms with van der Waals surface area (Å²) in [6.07, 6.45) is 4.33. The van der Waals surface area contributed by atoms with Crippen LogP contribution in [-0.4, -0.2) is 46.7 Å². The van der Waals surface area contributed by atoms with Gasteiger partial charge in [-0.25, -0.2) is 0 Å². The monoisotopic (exact) mass is 284 g/mol. The van der Waals surface area contributed by atoms with Crippen LogP contribution in [0.1, 0.15) is 60.3 Å². The lowest BCUT2D eigenvalue weighted by Gasteiger charge is -2.31. The first-order valence-electron chi connectivity index (χ1n) is 7.99. The highest BCUT2D eigenvalue weighted by Crippen LogP contribution is 2.30. The number of hydrogen-bond acceptors (Lipinski definition) is 3. The fourth-order valence-electron chi connectivity index (χ4n) is 2.71. The molecule has 1 atom stereocenters. The number of nitrogens with one attached hydrogen (secondary N) is 1. The van der Waals surface area contributed by atoms with Crippen molar-refractivity contribution >= 4 is 5.97 Å². The third kappa shape index (κ3) is 5.80. The zero-order chi connectivity index (χ0) is 15.3. The Morgan fingerprint density at radius 2 is 1.95 bits per heavy atom. The van der Waals surface area contributed by atoms with Crippen LogP contribution in [0.15, 0.2) is 0 Å². The average molecular weight is 284 g/mol. The van der Waals surface area contributed by atoms with E-state index >= 15 is 0 Å². The molecule has 1 unspecified atom stereocenters. The smallest absolute Gasteiger partial charge is 0.323 e. The third-order valence-electron chi connectivity index (χ3n) is 4.12. The summed E-state index contributed by atoms with van der Waals surface area (Å²) in [4.78, 5) is 14.0. The van der Waals surface area contributed by atoms with Crippen molar-refractivity contribution < 1.29 is 9.90 Å². The minimum absolute atomic E-state index is 0.184. The molecule has 0 spiro atoms. The molecule has 0 aromatic heterocycles. The van der Waals surface area contributed by atoms with Gasteiger partial charge >= 0.3 is 5.97 Å². The van der Waals surface area contributed by atoms with Gasteiger partial charge in [0.05, 0.1) is 0 Å². The lowest BCUT2D eigenvalue weighted by molar-refractivity contribution is -0.144. The molecule has 4 nitrogen and oxygen atoms in total. The Balaban J connectivity index is 2.43. The number of nitrogens with zero attached hydrogens (tertiary/aromatic N) is 1. The number of carboxylic acids is 1. The van der Waals surface area contributed by atoms with E-state index in [1.807, 2.05) is 13.8 Å². The van der Waals surface area contributed by atoms with Crippen molar-refractivity contribution in [2.45, 2.75) is 77.9 Å². The first kappa shape index (κ1) is 17.4. The molecule has 0 aliphatic heterocycles. The number of hydrogen-bond donors (Lipinski definition) is 2. The lowest BCUT2D eigenvalue weighted by Crippen LogP contribution is -2.52. The predicted molar refractivity (Wildman–Crippen MR) is 83.0 cm³/mol. The summed E-state index contributed by atoms with van der Waals surface area (Å²) in [5.74, 6) is 0.140. The molecule has 0 aromatic carbocycles. The molecular formula is C16H32N2O2. The van der Waals surface area contributed by atoms with Crippen molar-refractivity contribution in [2.75, 3.05) is 13.1 Å². The molecule has 4 heteroatoms. The molecule has 0 bridgehead atoms. The zero-order valence-corrected chi connectivity index (χ0v) is 13.8. The van der Waals surface area contributed by atoms with Crippen LogP contribution in [0, 0.1) is 5.92 Å². The van der Waals surface area contributed by atoms with Gasteiger partial charge in [-0.1, -0.05) is 0 Å². The van der Waals surface area contributed by atoms with E-state index in [4.69, 9.17) is 0 Å². The Hall–Kier alpha value is -0.610. The SMILES string of the molecule is CC(C)NC(C)(CCCN(CC1CC1)C(C)C)C(=O)O. The van der Waals surface area contributed by atoms with Crippen LogP contribution in [0.3, 0.4) is 0 Å². The molecule has 2 N–H and O–H groups in total. The number of aliphatic carboxylic acids is 1. The van der Waals surface area contributed by atoms with Gasteiger partial charge in [0.15, 0.2) is 0 Å². The summed E-state index contributed by atoms with van der Waals surface area (Å²) < 4.78 is 0. The minimum atomic E-state index is -0.809. The summed E-state index contributed by atoms with van der Waals surface area (Å²) in [6, 6.07) is 0.730. The van der Waals surface area contributed by atoms with E-state index in [9.17, 15) is 9.90 Å². The molecule has 1 aliphatic rings. The van der Waals surface area contributed by atoms with Crippen LogP contribution in [0.2, 0.25) is 0 Å². The highest BCUT2D eigenvalue weighted by molar-refractivity contribution is 5.78. The molecule has 0 radical (unpaired) electrons. The fraction of sp³-hybridized carbons (Fsp3) is 0.938. The van der Waals surface area contributed by atoms with Gasteiger partial charge in [0.1, 0.15) is 5.54 Å². The Morgan fingerprint density at radius 3 is 2.35 bits per heavy atom. The Kier molecular flexibility index (Phi) is 6.46. The standard InChI is InChI=1S/C16H32N2O2/c1-12(2)17-16(5,15(19)20)9-6-10-18(13(3)4)11-14-7-8-14/h12-14,17H,6-11H2,1-5H3,(H,19,20). The Morgan fingerprint density at radius 1 is 1.35 bits per heavy atom. The lowest BCUT2D eigenvalue weighted by atomic mass is 9.94. The van der Waals surface area contributed by atoms with Crippen molar-refractivity contribution in [3.8, 4) is 0 Å². The highest BCUT2D eigenvalue weighted by atomic mass is 16.4. The van der Waals surface area contributed by atoms with Crippen LogP contribution in [-0.2, 0) is 4.79 Å². The van der Waals surface area contributed by atoms with Gasteiger partial charge < -0.3 is 10.0 Å². The van der Waals surface area contributed by atoms with Gasteiger partial charge in [-0.2, -0.15) is 0 Å². The summed E-state index contributed by atoms with van der Waals surface area (Å²) >= 11 is 0. The van der Waals surface area contributed by atoms with E-state index in [1.165, 1.54) is 19.4 Å². The first-order valence-corrected chi connectivity index (χ1v) is 7.99. The quantitative estimate of drug-likeness (QED) is 0.647. The Bertz CT molecular complexity index is 314. The van der Waals surface area contributed by atoms with Crippen molar-refractivity contribution in [1.82, 2.24) is 10.2 Å². The molecule has 118 valence electrons. The largest absolute Gasteiger partial charge is 0.480 e.